The van der Waals surface area contributed by atoms with Crippen LogP contribution in [0.4, 0.5) is 13.2 Å². The van der Waals surface area contributed by atoms with Crippen LogP contribution in [0.15, 0.2) is 33.1 Å². The number of nitrogens with two attached hydrogens (primary N) is 1. The van der Waals surface area contributed by atoms with Crippen molar-refractivity contribution in [1.82, 2.24) is 15.1 Å². The van der Waals surface area contributed by atoms with Gasteiger partial charge in [0.25, 0.3) is 0 Å². The van der Waals surface area contributed by atoms with Crippen LogP contribution in [0.3, 0.4) is 0 Å². The molecule has 2 aromatic heterocycles. The number of benzene rings is 1. The molecule has 1 amide bonds. The number of thioether (sulfide) groups is 1. The Morgan fingerprint density at radius 3 is 2.83 bits per heavy atom. The molecule has 0 atom stereocenters. The Hall–Kier alpha value is -2.40. The lowest BCUT2D eigenvalue weighted by atomic mass is 10.1. The Bertz CT molecular complexity index is 1000. The van der Waals surface area contributed by atoms with Gasteiger partial charge in [0.1, 0.15) is 4.34 Å². The van der Waals surface area contributed by atoms with Crippen molar-refractivity contribution in [2.24, 2.45) is 5.73 Å². The first-order valence-corrected chi connectivity index (χ1v) is 10.4. The Morgan fingerprint density at radius 2 is 2.10 bits per heavy atom. The number of carbonyl (C=O) groups excluding carboxylic acids is 1. The predicted molar refractivity (Wildman–Crippen MR) is 104 cm³/mol. The molecule has 0 aliphatic heterocycles. The van der Waals surface area contributed by atoms with Crippen molar-refractivity contribution in [2.45, 2.75) is 36.7 Å². The molecule has 154 valence electrons. The van der Waals surface area contributed by atoms with Gasteiger partial charge in [0.05, 0.1) is 17.7 Å². The molecule has 0 aliphatic carbocycles. The zero-order valence-electron chi connectivity index (χ0n) is 15.3. The van der Waals surface area contributed by atoms with Gasteiger partial charge < -0.3 is 10.3 Å². The number of amides is 1. The fraction of sp³-hybridized carbons (Fsp3) is 0.333. The number of primary amides is 1. The van der Waals surface area contributed by atoms with Crippen molar-refractivity contribution < 1.29 is 22.5 Å². The van der Waals surface area contributed by atoms with Gasteiger partial charge in [-0.3, -0.25) is 4.79 Å². The fourth-order valence-corrected chi connectivity index (χ4v) is 4.73. The average molecular weight is 442 g/mol. The van der Waals surface area contributed by atoms with Gasteiger partial charge >= 0.3 is 6.18 Å². The van der Waals surface area contributed by atoms with Crippen LogP contribution in [-0.2, 0) is 23.8 Å². The topological polar surface area (TPSA) is 94.9 Å². The third kappa shape index (κ3) is 5.80. The van der Waals surface area contributed by atoms with Crippen molar-refractivity contribution >= 4 is 29.0 Å². The zero-order chi connectivity index (χ0) is 21.0. The van der Waals surface area contributed by atoms with Gasteiger partial charge in [0, 0.05) is 22.6 Å². The average Bonchev–Trinajstić information content (AvgIpc) is 3.25. The molecular weight excluding hydrogens is 425 g/mol. The Labute approximate surface area is 172 Å². The first-order valence-electron chi connectivity index (χ1n) is 8.60. The highest BCUT2D eigenvalue weighted by Crippen LogP contribution is 2.32. The number of alkyl halides is 3. The highest BCUT2D eigenvalue weighted by atomic mass is 32.2. The van der Waals surface area contributed by atoms with Gasteiger partial charge in [-0.25, -0.2) is 4.98 Å². The second-order valence-electron chi connectivity index (χ2n) is 6.17. The van der Waals surface area contributed by atoms with E-state index in [0.29, 0.717) is 12.3 Å². The number of hydrogen-bond donors (Lipinski definition) is 1. The quantitative estimate of drug-likeness (QED) is 0.413. The molecule has 3 aromatic rings. The van der Waals surface area contributed by atoms with Crippen molar-refractivity contribution in [1.29, 1.82) is 0 Å². The van der Waals surface area contributed by atoms with E-state index in [1.165, 1.54) is 23.5 Å². The fourth-order valence-electron chi connectivity index (χ4n) is 2.48. The summed E-state index contributed by atoms with van der Waals surface area (Å²) in [5, 5.41) is 3.77. The minimum Gasteiger partial charge on any atom is -0.369 e. The molecule has 2 heterocycles. The summed E-state index contributed by atoms with van der Waals surface area (Å²) in [5.74, 6) is 0.846. The normalized spacial score (nSPS) is 11.7. The van der Waals surface area contributed by atoms with E-state index < -0.39 is 11.7 Å². The van der Waals surface area contributed by atoms with Crippen LogP contribution in [0, 0.1) is 6.92 Å². The largest absolute Gasteiger partial charge is 0.416 e. The molecule has 0 spiro atoms. The Morgan fingerprint density at radius 1 is 1.31 bits per heavy atom. The molecule has 0 aliphatic rings. The molecule has 0 radical (unpaired) electrons. The summed E-state index contributed by atoms with van der Waals surface area (Å²) in [6.45, 7) is 1.84. The lowest BCUT2D eigenvalue weighted by Crippen LogP contribution is -2.13. The Balaban J connectivity index is 1.53. The van der Waals surface area contributed by atoms with E-state index in [1.807, 2.05) is 6.92 Å². The summed E-state index contributed by atoms with van der Waals surface area (Å²) < 4.78 is 44.5. The van der Waals surface area contributed by atoms with Gasteiger partial charge in [-0.05, 0) is 25.5 Å². The summed E-state index contributed by atoms with van der Waals surface area (Å²) in [6, 6.07) is 4.82. The van der Waals surface area contributed by atoms with Crippen LogP contribution in [0.2, 0.25) is 0 Å². The van der Waals surface area contributed by atoms with Crippen molar-refractivity contribution in [2.75, 3.05) is 5.75 Å². The number of thiazole rings is 1. The van der Waals surface area contributed by atoms with Crippen LogP contribution in [0.1, 0.15) is 28.4 Å². The predicted octanol–water partition coefficient (Wildman–Crippen LogP) is 4.27. The van der Waals surface area contributed by atoms with Crippen LogP contribution >= 0.6 is 23.1 Å². The molecule has 29 heavy (non-hydrogen) atoms. The van der Waals surface area contributed by atoms with Crippen LogP contribution in [0.5, 0.6) is 0 Å². The van der Waals surface area contributed by atoms with Crippen molar-refractivity contribution in [3.8, 4) is 11.4 Å². The molecule has 2 N–H and O–H groups in total. The van der Waals surface area contributed by atoms with E-state index in [9.17, 15) is 18.0 Å². The van der Waals surface area contributed by atoms with E-state index in [1.54, 1.807) is 11.8 Å². The molecule has 6 nitrogen and oxygen atoms in total. The second-order valence-corrected chi connectivity index (χ2v) is 8.60. The van der Waals surface area contributed by atoms with Gasteiger partial charge in [-0.2, -0.15) is 18.2 Å². The lowest BCUT2D eigenvalue weighted by Gasteiger charge is -2.06. The summed E-state index contributed by atoms with van der Waals surface area (Å²) in [7, 11) is 0. The number of nitrogens with zero attached hydrogens (tertiary/aromatic N) is 3. The highest BCUT2D eigenvalue weighted by Gasteiger charge is 2.30. The van der Waals surface area contributed by atoms with Gasteiger partial charge in [0.15, 0.2) is 0 Å². The van der Waals surface area contributed by atoms with Crippen LogP contribution in [0.25, 0.3) is 11.4 Å². The van der Waals surface area contributed by atoms with E-state index in [4.69, 9.17) is 10.3 Å². The Kier molecular flexibility index (Phi) is 6.58. The monoisotopic (exact) mass is 442 g/mol. The van der Waals surface area contributed by atoms with Gasteiger partial charge in [-0.15, -0.1) is 11.3 Å². The number of rotatable bonds is 8. The summed E-state index contributed by atoms with van der Waals surface area (Å²) >= 11 is 3.00. The molecule has 0 saturated carbocycles. The van der Waals surface area contributed by atoms with E-state index >= 15 is 0 Å². The van der Waals surface area contributed by atoms with E-state index in [2.05, 4.69) is 15.1 Å². The minimum atomic E-state index is -4.43. The number of hydrogen-bond acceptors (Lipinski definition) is 7. The van der Waals surface area contributed by atoms with Crippen LogP contribution < -0.4 is 5.73 Å². The van der Waals surface area contributed by atoms with E-state index in [-0.39, 0.29) is 23.7 Å². The SMILES string of the molecule is Cc1nc(SCCCc2nc(-c3cccc(C(F)(F)F)c3)no2)sc1CC(N)=O. The molecule has 1 aromatic carbocycles. The molecule has 3 rings (SSSR count). The summed E-state index contributed by atoms with van der Waals surface area (Å²) in [4.78, 5) is 20.5. The highest BCUT2D eigenvalue weighted by molar-refractivity contribution is 8.01. The van der Waals surface area contributed by atoms with Crippen LogP contribution in [-0.4, -0.2) is 26.8 Å². The maximum atomic E-state index is 12.8. The lowest BCUT2D eigenvalue weighted by molar-refractivity contribution is -0.137. The standard InChI is InChI=1S/C18H17F3N4O2S2/c1-10-13(9-14(22)26)29-17(23-10)28-7-3-6-15-24-16(25-27-15)11-4-2-5-12(8-11)18(19,20)21/h2,4-5,8H,3,6-7,9H2,1H3,(H2,22,26). The summed E-state index contributed by atoms with van der Waals surface area (Å²) in [5.41, 5.74) is 5.52. The zero-order valence-corrected chi connectivity index (χ0v) is 17.0. The van der Waals surface area contributed by atoms with E-state index in [0.717, 1.165) is 39.2 Å². The van der Waals surface area contributed by atoms with Crippen molar-refractivity contribution in [3.63, 3.8) is 0 Å². The molecule has 0 unspecified atom stereocenters. The molecule has 11 heteroatoms. The second kappa shape index (κ2) is 8.95. The molecule has 0 bridgehead atoms. The molecular formula is C18H17F3N4O2S2. The minimum absolute atomic E-state index is 0.130. The maximum Gasteiger partial charge on any atom is 0.416 e. The number of aromatic nitrogens is 3. The first-order chi connectivity index (χ1) is 13.7. The smallest absolute Gasteiger partial charge is 0.369 e. The third-order valence-corrected chi connectivity index (χ3v) is 6.27. The van der Waals surface area contributed by atoms with Gasteiger partial charge in [-0.1, -0.05) is 29.1 Å². The first kappa shape index (κ1) is 21.3. The van der Waals surface area contributed by atoms with Gasteiger partial charge in [0.2, 0.25) is 17.6 Å². The summed E-state index contributed by atoms with van der Waals surface area (Å²) in [6.07, 6.45) is -3.02. The molecule has 0 saturated heterocycles. The van der Waals surface area contributed by atoms with Crippen molar-refractivity contribution in [3.05, 3.63) is 46.3 Å². The number of carbonyl (C=O) groups is 1. The maximum absolute atomic E-state index is 12.8. The molecule has 0 fully saturated rings. The number of halogens is 3. The third-order valence-electron chi connectivity index (χ3n) is 3.88. The number of aryl methyl sites for hydroxylation is 2.